The fourth-order valence-electron chi connectivity index (χ4n) is 3.16. The summed E-state index contributed by atoms with van der Waals surface area (Å²) >= 11 is 0. The molecule has 1 saturated heterocycles. The van der Waals surface area contributed by atoms with Crippen molar-refractivity contribution in [1.82, 2.24) is 19.2 Å². The van der Waals surface area contributed by atoms with E-state index in [1.54, 1.807) is 27.7 Å². The molecule has 0 aromatic carbocycles. The van der Waals surface area contributed by atoms with Gasteiger partial charge in [0.2, 0.25) is 0 Å². The van der Waals surface area contributed by atoms with Gasteiger partial charge in [-0.15, -0.1) is 0 Å². The minimum Gasteiger partial charge on any atom is -0.444 e. The predicted molar refractivity (Wildman–Crippen MR) is 98.6 cm³/mol. The molecule has 0 aliphatic carbocycles. The molecule has 7 nitrogen and oxygen atoms in total. The van der Waals surface area contributed by atoms with Gasteiger partial charge in [0.05, 0.1) is 11.3 Å². The zero-order valence-electron chi connectivity index (χ0n) is 16.7. The van der Waals surface area contributed by atoms with E-state index in [1.807, 2.05) is 0 Å². The van der Waals surface area contributed by atoms with Crippen LogP contribution in [0.5, 0.6) is 0 Å². The molecule has 158 valence electrons. The summed E-state index contributed by atoms with van der Waals surface area (Å²) in [6, 6.07) is 2.18. The van der Waals surface area contributed by atoms with Crippen LogP contribution in [0.25, 0.3) is 5.65 Å². The second-order valence-electron chi connectivity index (χ2n) is 7.95. The highest BCUT2D eigenvalue weighted by atomic mass is 19.4. The quantitative estimate of drug-likeness (QED) is 0.721. The summed E-state index contributed by atoms with van der Waals surface area (Å²) in [7, 11) is 0. The van der Waals surface area contributed by atoms with E-state index in [4.69, 9.17) is 4.74 Å². The van der Waals surface area contributed by atoms with Crippen LogP contribution >= 0.6 is 0 Å². The molecule has 3 heterocycles. The molecule has 1 aliphatic heterocycles. The van der Waals surface area contributed by atoms with E-state index >= 15 is 0 Å². The molecule has 0 N–H and O–H groups in total. The first kappa shape index (κ1) is 20.9. The lowest BCUT2D eigenvalue weighted by Crippen LogP contribution is -2.51. The number of pyridine rings is 1. The third-order valence-electron chi connectivity index (χ3n) is 4.54. The zero-order chi connectivity index (χ0) is 21.6. The molecule has 0 saturated carbocycles. The number of carbonyl (C=O) groups excluding carboxylic acids is 2. The molecule has 0 unspecified atom stereocenters. The molecule has 2 aromatic rings. The lowest BCUT2D eigenvalue weighted by Gasteiger charge is -2.35. The summed E-state index contributed by atoms with van der Waals surface area (Å²) in [6.07, 6.45) is -4.09. The van der Waals surface area contributed by atoms with E-state index in [9.17, 15) is 22.8 Å². The van der Waals surface area contributed by atoms with Crippen molar-refractivity contribution < 1.29 is 27.5 Å². The zero-order valence-corrected chi connectivity index (χ0v) is 16.7. The largest absolute Gasteiger partial charge is 0.444 e. The van der Waals surface area contributed by atoms with Crippen molar-refractivity contribution >= 4 is 17.6 Å². The Kier molecular flexibility index (Phi) is 5.22. The summed E-state index contributed by atoms with van der Waals surface area (Å²) in [5.41, 5.74) is -0.758. The Morgan fingerprint density at radius 3 is 2.17 bits per heavy atom. The molecule has 29 heavy (non-hydrogen) atoms. The van der Waals surface area contributed by atoms with E-state index in [1.165, 1.54) is 20.3 Å². The second-order valence-corrected chi connectivity index (χ2v) is 7.95. The summed E-state index contributed by atoms with van der Waals surface area (Å²) < 4.78 is 45.7. The Labute approximate surface area is 166 Å². The molecule has 0 radical (unpaired) electrons. The van der Waals surface area contributed by atoms with Crippen molar-refractivity contribution in [3.8, 4) is 0 Å². The first-order chi connectivity index (χ1) is 13.4. The number of alkyl halides is 3. The molecule has 0 bridgehead atoms. The molecule has 1 fully saturated rings. The van der Waals surface area contributed by atoms with E-state index < -0.39 is 29.3 Å². The lowest BCUT2D eigenvalue weighted by molar-refractivity contribution is -0.137. The first-order valence-corrected chi connectivity index (χ1v) is 9.20. The highest BCUT2D eigenvalue weighted by Gasteiger charge is 2.33. The lowest BCUT2D eigenvalue weighted by atomic mass is 10.2. The Morgan fingerprint density at radius 2 is 1.62 bits per heavy atom. The van der Waals surface area contributed by atoms with Gasteiger partial charge in [-0.1, -0.05) is 0 Å². The van der Waals surface area contributed by atoms with Gasteiger partial charge in [-0.25, -0.2) is 9.78 Å². The van der Waals surface area contributed by atoms with Crippen molar-refractivity contribution in [2.75, 3.05) is 26.2 Å². The van der Waals surface area contributed by atoms with Gasteiger partial charge in [0, 0.05) is 32.4 Å². The molecule has 2 aromatic heterocycles. The summed E-state index contributed by atoms with van der Waals surface area (Å²) in [4.78, 5) is 32.4. The number of hydrogen-bond acceptors (Lipinski definition) is 4. The fourth-order valence-corrected chi connectivity index (χ4v) is 3.16. The number of hydrogen-bond donors (Lipinski definition) is 0. The van der Waals surface area contributed by atoms with Crippen LogP contribution < -0.4 is 0 Å². The SMILES string of the molecule is Cc1nc2ccc(C(F)(F)F)cn2c1C(=O)N1CCN(C(=O)OC(C)(C)C)CC1. The smallest absolute Gasteiger partial charge is 0.417 e. The van der Waals surface area contributed by atoms with Gasteiger partial charge in [0.1, 0.15) is 16.9 Å². The third kappa shape index (κ3) is 4.46. The highest BCUT2D eigenvalue weighted by Crippen LogP contribution is 2.30. The van der Waals surface area contributed by atoms with Crippen LogP contribution in [0.3, 0.4) is 0 Å². The number of nitrogens with zero attached hydrogens (tertiary/aromatic N) is 4. The standard InChI is InChI=1S/C19H23F3N4O3/c1-12-15(26-11-13(19(20,21)22)5-6-14(26)23-12)16(27)24-7-9-25(10-8-24)17(28)29-18(2,3)4/h5-6,11H,7-10H2,1-4H3. The van der Waals surface area contributed by atoms with Gasteiger partial charge in [-0.2, -0.15) is 13.2 Å². The molecule has 0 spiro atoms. The van der Waals surface area contributed by atoms with Crippen LogP contribution in [-0.4, -0.2) is 63.0 Å². The first-order valence-electron chi connectivity index (χ1n) is 9.20. The maximum Gasteiger partial charge on any atom is 0.417 e. The van der Waals surface area contributed by atoms with Crippen LogP contribution in [0, 0.1) is 6.92 Å². The average molecular weight is 412 g/mol. The van der Waals surface area contributed by atoms with E-state index in [0.29, 0.717) is 5.69 Å². The van der Waals surface area contributed by atoms with Gasteiger partial charge in [0.15, 0.2) is 0 Å². The van der Waals surface area contributed by atoms with Crippen LogP contribution in [0.2, 0.25) is 0 Å². The number of ether oxygens (including phenoxy) is 1. The Balaban J connectivity index is 1.79. The molecule has 10 heteroatoms. The van der Waals surface area contributed by atoms with Crippen LogP contribution in [0.15, 0.2) is 18.3 Å². The van der Waals surface area contributed by atoms with Gasteiger partial charge >= 0.3 is 12.3 Å². The summed E-state index contributed by atoms with van der Waals surface area (Å²) in [5.74, 6) is -0.418. The molecule has 3 rings (SSSR count). The van der Waals surface area contributed by atoms with Crippen molar-refractivity contribution in [2.24, 2.45) is 0 Å². The number of rotatable bonds is 1. The number of imidazole rings is 1. The Hall–Kier alpha value is -2.78. The fraction of sp³-hybridized carbons (Fsp3) is 0.526. The van der Waals surface area contributed by atoms with E-state index in [-0.39, 0.29) is 37.5 Å². The van der Waals surface area contributed by atoms with Crippen LogP contribution in [-0.2, 0) is 10.9 Å². The van der Waals surface area contributed by atoms with Crippen LogP contribution in [0.1, 0.15) is 42.5 Å². The van der Waals surface area contributed by atoms with E-state index in [2.05, 4.69) is 4.98 Å². The van der Waals surface area contributed by atoms with E-state index in [0.717, 1.165) is 12.3 Å². The molecular weight excluding hydrogens is 389 g/mol. The highest BCUT2D eigenvalue weighted by molar-refractivity contribution is 5.95. The minimum absolute atomic E-state index is 0.0943. The summed E-state index contributed by atoms with van der Waals surface area (Å²) in [6.45, 7) is 7.97. The maximum absolute atomic E-state index is 13.1. The van der Waals surface area contributed by atoms with Gasteiger partial charge < -0.3 is 14.5 Å². The molecular formula is C19H23F3N4O3. The Bertz CT molecular complexity index is 939. The van der Waals surface area contributed by atoms with Crippen LogP contribution in [0.4, 0.5) is 18.0 Å². The Morgan fingerprint density at radius 1 is 1.03 bits per heavy atom. The number of carbonyl (C=O) groups is 2. The minimum atomic E-state index is -4.52. The second kappa shape index (κ2) is 7.23. The molecule has 1 aliphatic rings. The van der Waals surface area contributed by atoms with Gasteiger partial charge in [0.25, 0.3) is 5.91 Å². The number of piperazine rings is 1. The number of halogens is 3. The topological polar surface area (TPSA) is 67.2 Å². The number of fused-ring (bicyclic) bond motifs is 1. The average Bonchev–Trinajstić information content (AvgIpc) is 2.94. The number of aryl methyl sites for hydroxylation is 1. The monoisotopic (exact) mass is 412 g/mol. The van der Waals surface area contributed by atoms with Crippen molar-refractivity contribution in [3.63, 3.8) is 0 Å². The normalized spacial score (nSPS) is 15.7. The predicted octanol–water partition coefficient (Wildman–Crippen LogP) is 3.35. The number of aromatic nitrogens is 2. The number of amides is 2. The molecule has 2 amide bonds. The van der Waals surface area contributed by atoms with Gasteiger partial charge in [-0.3, -0.25) is 9.20 Å². The van der Waals surface area contributed by atoms with Crippen molar-refractivity contribution in [3.05, 3.63) is 35.3 Å². The van der Waals surface area contributed by atoms with Crippen molar-refractivity contribution in [2.45, 2.75) is 39.5 Å². The maximum atomic E-state index is 13.1. The summed E-state index contributed by atoms with van der Waals surface area (Å²) in [5, 5.41) is 0. The van der Waals surface area contributed by atoms with Gasteiger partial charge in [-0.05, 0) is 39.8 Å². The molecule has 0 atom stereocenters. The van der Waals surface area contributed by atoms with Crippen molar-refractivity contribution in [1.29, 1.82) is 0 Å². The third-order valence-corrected chi connectivity index (χ3v) is 4.54.